The summed E-state index contributed by atoms with van der Waals surface area (Å²) in [5.41, 5.74) is 1.45. The van der Waals surface area contributed by atoms with Crippen LogP contribution in [-0.2, 0) is 11.3 Å². The summed E-state index contributed by atoms with van der Waals surface area (Å²) >= 11 is 7.36. The molecular weight excluding hydrogens is 458 g/mol. The molecule has 0 bridgehead atoms. The fraction of sp³-hybridized carbons (Fsp3) is 0.240. The lowest BCUT2D eigenvalue weighted by Crippen LogP contribution is -2.34. The lowest BCUT2D eigenvalue weighted by atomic mass is 10.0. The van der Waals surface area contributed by atoms with Crippen molar-refractivity contribution in [2.24, 2.45) is 0 Å². The van der Waals surface area contributed by atoms with Gasteiger partial charge in [-0.05, 0) is 48.7 Å². The van der Waals surface area contributed by atoms with E-state index < -0.39 is 5.25 Å². The number of nitrogens with one attached hydrogen (secondary N) is 1. The first-order valence-corrected chi connectivity index (χ1v) is 11.9. The number of carbonyl (C=O) groups is 1. The van der Waals surface area contributed by atoms with Crippen molar-refractivity contribution in [3.8, 4) is 0 Å². The number of thioether (sulfide) groups is 1. The SMILES string of the molecule is CC(Sc1nc2cc(Cl)ccc2c(=O)n1Cc1ccco1)C(=O)NCC(C)c1ccccc1. The normalized spacial score (nSPS) is 13.1. The average Bonchev–Trinajstić information content (AvgIpc) is 3.33. The number of furan rings is 1. The number of rotatable bonds is 8. The van der Waals surface area contributed by atoms with Gasteiger partial charge in [-0.1, -0.05) is 60.6 Å². The molecule has 2 aromatic heterocycles. The van der Waals surface area contributed by atoms with Gasteiger partial charge in [-0.25, -0.2) is 4.98 Å². The molecule has 0 aliphatic heterocycles. The van der Waals surface area contributed by atoms with Crippen molar-refractivity contribution in [2.45, 2.75) is 36.7 Å². The number of hydrogen-bond acceptors (Lipinski definition) is 5. The summed E-state index contributed by atoms with van der Waals surface area (Å²) < 4.78 is 6.98. The molecular formula is C25H24ClN3O3S. The zero-order chi connectivity index (χ0) is 23.4. The van der Waals surface area contributed by atoms with Crippen LogP contribution >= 0.6 is 23.4 Å². The molecule has 1 amide bonds. The first-order valence-electron chi connectivity index (χ1n) is 10.6. The Morgan fingerprint density at radius 2 is 1.94 bits per heavy atom. The number of amides is 1. The van der Waals surface area contributed by atoms with Crippen LogP contribution < -0.4 is 10.9 Å². The van der Waals surface area contributed by atoms with Crippen molar-refractivity contribution in [2.75, 3.05) is 6.54 Å². The summed E-state index contributed by atoms with van der Waals surface area (Å²) in [6.45, 7) is 4.62. The molecule has 1 N–H and O–H groups in total. The predicted molar refractivity (Wildman–Crippen MR) is 132 cm³/mol. The highest BCUT2D eigenvalue weighted by atomic mass is 35.5. The number of carbonyl (C=O) groups excluding carboxylic acids is 1. The average molecular weight is 482 g/mol. The molecule has 8 heteroatoms. The van der Waals surface area contributed by atoms with Gasteiger partial charge in [0.15, 0.2) is 5.16 Å². The Morgan fingerprint density at radius 1 is 1.15 bits per heavy atom. The van der Waals surface area contributed by atoms with Crippen molar-refractivity contribution >= 4 is 40.2 Å². The van der Waals surface area contributed by atoms with Crippen LogP contribution in [0.25, 0.3) is 10.9 Å². The molecule has 4 aromatic rings. The molecule has 0 aliphatic rings. The molecule has 0 radical (unpaired) electrons. The maximum absolute atomic E-state index is 13.2. The first-order chi connectivity index (χ1) is 15.9. The van der Waals surface area contributed by atoms with Crippen LogP contribution in [0.5, 0.6) is 0 Å². The number of halogens is 1. The van der Waals surface area contributed by atoms with E-state index in [4.69, 9.17) is 16.0 Å². The zero-order valence-corrected chi connectivity index (χ0v) is 19.9. The van der Waals surface area contributed by atoms with Crippen LogP contribution in [-0.4, -0.2) is 27.3 Å². The van der Waals surface area contributed by atoms with Crippen LogP contribution in [0.1, 0.15) is 31.1 Å². The van der Waals surface area contributed by atoms with Gasteiger partial charge in [0, 0.05) is 11.6 Å². The third-order valence-corrected chi connectivity index (χ3v) is 6.70. The van der Waals surface area contributed by atoms with E-state index in [-0.39, 0.29) is 23.9 Å². The molecule has 0 spiro atoms. The highest BCUT2D eigenvalue weighted by Gasteiger charge is 2.21. The standard InChI is InChI=1S/C25H24ClN3O3S/c1-16(18-7-4-3-5-8-18)14-27-23(30)17(2)33-25-28-22-13-19(26)10-11-21(22)24(31)29(25)15-20-9-6-12-32-20/h3-13,16-17H,14-15H2,1-2H3,(H,27,30). The zero-order valence-electron chi connectivity index (χ0n) is 18.3. The summed E-state index contributed by atoms with van der Waals surface area (Å²) in [6.07, 6.45) is 1.56. The van der Waals surface area contributed by atoms with Crippen LogP contribution in [0.3, 0.4) is 0 Å². The van der Waals surface area contributed by atoms with E-state index in [0.717, 1.165) is 0 Å². The Morgan fingerprint density at radius 3 is 2.67 bits per heavy atom. The summed E-state index contributed by atoms with van der Waals surface area (Å²) in [6, 6.07) is 18.6. The van der Waals surface area contributed by atoms with Crippen LogP contribution in [0.4, 0.5) is 0 Å². The van der Waals surface area contributed by atoms with E-state index in [1.807, 2.05) is 30.3 Å². The third-order valence-electron chi connectivity index (χ3n) is 5.38. The summed E-state index contributed by atoms with van der Waals surface area (Å²) in [7, 11) is 0. The van der Waals surface area contributed by atoms with Crippen molar-refractivity contribution in [1.82, 2.24) is 14.9 Å². The number of benzene rings is 2. The van der Waals surface area contributed by atoms with Crippen molar-refractivity contribution in [3.63, 3.8) is 0 Å². The quantitative estimate of drug-likeness (QED) is 0.280. The van der Waals surface area contributed by atoms with E-state index in [1.54, 1.807) is 43.5 Å². The van der Waals surface area contributed by atoms with Gasteiger partial charge in [0.05, 0.1) is 29.0 Å². The molecule has 2 heterocycles. The van der Waals surface area contributed by atoms with Gasteiger partial charge in [-0.15, -0.1) is 0 Å². The molecule has 6 nitrogen and oxygen atoms in total. The van der Waals surface area contributed by atoms with E-state index in [2.05, 4.69) is 17.2 Å². The molecule has 2 atom stereocenters. The number of hydrogen-bond donors (Lipinski definition) is 1. The molecule has 2 aromatic carbocycles. The third kappa shape index (κ3) is 5.49. The highest BCUT2D eigenvalue weighted by Crippen LogP contribution is 2.25. The fourth-order valence-corrected chi connectivity index (χ4v) is 4.57. The lowest BCUT2D eigenvalue weighted by Gasteiger charge is -2.18. The molecule has 4 rings (SSSR count). The Hall–Kier alpha value is -3.03. The smallest absolute Gasteiger partial charge is 0.262 e. The molecule has 0 fully saturated rings. The monoisotopic (exact) mass is 481 g/mol. The summed E-state index contributed by atoms with van der Waals surface area (Å²) in [5.74, 6) is 0.695. The second-order valence-electron chi connectivity index (χ2n) is 7.84. The molecule has 0 saturated heterocycles. The van der Waals surface area contributed by atoms with Crippen LogP contribution in [0, 0.1) is 0 Å². The minimum Gasteiger partial charge on any atom is -0.467 e. The van der Waals surface area contributed by atoms with Gasteiger partial charge in [0.1, 0.15) is 5.76 Å². The highest BCUT2D eigenvalue weighted by molar-refractivity contribution is 8.00. The molecule has 2 unspecified atom stereocenters. The van der Waals surface area contributed by atoms with Gasteiger partial charge in [0.25, 0.3) is 5.56 Å². The number of aromatic nitrogens is 2. The largest absolute Gasteiger partial charge is 0.467 e. The maximum Gasteiger partial charge on any atom is 0.262 e. The fourth-order valence-electron chi connectivity index (χ4n) is 3.47. The topological polar surface area (TPSA) is 77.1 Å². The van der Waals surface area contributed by atoms with E-state index in [1.165, 1.54) is 21.9 Å². The van der Waals surface area contributed by atoms with Crippen molar-refractivity contribution in [3.05, 3.63) is 93.6 Å². The maximum atomic E-state index is 13.2. The Balaban J connectivity index is 1.55. The summed E-state index contributed by atoms with van der Waals surface area (Å²) in [5, 5.41) is 3.95. The van der Waals surface area contributed by atoms with Gasteiger partial charge in [-0.2, -0.15) is 0 Å². The number of fused-ring (bicyclic) bond motifs is 1. The Bertz CT molecular complexity index is 1310. The second-order valence-corrected chi connectivity index (χ2v) is 9.59. The predicted octanol–water partition coefficient (Wildman–Crippen LogP) is 5.09. The lowest BCUT2D eigenvalue weighted by molar-refractivity contribution is -0.120. The van der Waals surface area contributed by atoms with E-state index in [9.17, 15) is 9.59 Å². The number of nitrogens with zero attached hydrogens (tertiary/aromatic N) is 2. The van der Waals surface area contributed by atoms with Gasteiger partial charge in [-0.3, -0.25) is 14.2 Å². The first kappa shape index (κ1) is 23.1. The minimum atomic E-state index is -0.459. The van der Waals surface area contributed by atoms with Crippen molar-refractivity contribution < 1.29 is 9.21 Å². The second kappa shape index (κ2) is 10.3. The molecule has 0 aliphatic carbocycles. The van der Waals surface area contributed by atoms with Gasteiger partial charge >= 0.3 is 0 Å². The minimum absolute atomic E-state index is 0.118. The van der Waals surface area contributed by atoms with E-state index in [0.29, 0.717) is 33.4 Å². The molecule has 0 saturated carbocycles. The van der Waals surface area contributed by atoms with Gasteiger partial charge in [0.2, 0.25) is 5.91 Å². The molecule has 33 heavy (non-hydrogen) atoms. The van der Waals surface area contributed by atoms with Crippen LogP contribution in [0.2, 0.25) is 5.02 Å². The van der Waals surface area contributed by atoms with Crippen molar-refractivity contribution in [1.29, 1.82) is 0 Å². The van der Waals surface area contributed by atoms with Gasteiger partial charge < -0.3 is 9.73 Å². The Kier molecular flexibility index (Phi) is 7.20. The molecule has 170 valence electrons. The summed E-state index contributed by atoms with van der Waals surface area (Å²) in [4.78, 5) is 30.7. The van der Waals surface area contributed by atoms with Crippen LogP contribution in [0.15, 0.2) is 81.3 Å². The Labute approximate surface area is 201 Å². The van der Waals surface area contributed by atoms with E-state index >= 15 is 0 Å².